The quantitative estimate of drug-likeness (QED) is 0.904. The second kappa shape index (κ2) is 6.37. The van der Waals surface area contributed by atoms with Crippen LogP contribution < -0.4 is 10.5 Å². The molecule has 1 saturated carbocycles. The molecule has 1 unspecified atom stereocenters. The molecule has 0 spiro atoms. The summed E-state index contributed by atoms with van der Waals surface area (Å²) in [5.74, 6) is 1.66. The maximum absolute atomic E-state index is 6.18. The molecule has 0 amide bonds. The van der Waals surface area contributed by atoms with E-state index in [2.05, 4.69) is 36.1 Å². The molecule has 1 fully saturated rings. The highest BCUT2D eigenvalue weighted by atomic mass is 16.5. The van der Waals surface area contributed by atoms with Crippen LogP contribution in [0.1, 0.15) is 50.5 Å². The van der Waals surface area contributed by atoms with Crippen LogP contribution >= 0.6 is 0 Å². The molecular formula is C18H28N2O. The highest BCUT2D eigenvalue weighted by Gasteiger charge is 2.39. The van der Waals surface area contributed by atoms with Gasteiger partial charge < -0.3 is 10.5 Å². The third-order valence-corrected chi connectivity index (χ3v) is 5.49. The van der Waals surface area contributed by atoms with E-state index in [9.17, 15) is 0 Å². The smallest absolute Gasteiger partial charge is 0.122 e. The van der Waals surface area contributed by atoms with Gasteiger partial charge in [-0.3, -0.25) is 4.90 Å². The van der Waals surface area contributed by atoms with Crippen molar-refractivity contribution in [3.63, 3.8) is 0 Å². The van der Waals surface area contributed by atoms with E-state index in [4.69, 9.17) is 10.5 Å². The molecule has 1 atom stereocenters. The predicted molar refractivity (Wildman–Crippen MR) is 86.8 cm³/mol. The number of para-hydroxylation sites is 1. The molecule has 116 valence electrons. The summed E-state index contributed by atoms with van der Waals surface area (Å²) in [5, 5.41) is 0. The molecule has 2 N–H and O–H groups in total. The molecule has 0 radical (unpaired) electrons. The summed E-state index contributed by atoms with van der Waals surface area (Å²) in [6.45, 7) is 6.13. The first-order valence-electron chi connectivity index (χ1n) is 8.46. The molecule has 2 aliphatic rings. The Kier molecular flexibility index (Phi) is 4.51. The summed E-state index contributed by atoms with van der Waals surface area (Å²) >= 11 is 0. The van der Waals surface area contributed by atoms with E-state index in [1.165, 1.54) is 31.2 Å². The summed E-state index contributed by atoms with van der Waals surface area (Å²) in [4.78, 5) is 2.66. The monoisotopic (exact) mass is 288 g/mol. The zero-order valence-corrected chi connectivity index (χ0v) is 13.2. The Hall–Kier alpha value is -1.06. The van der Waals surface area contributed by atoms with E-state index in [1.54, 1.807) is 0 Å². The molecule has 1 aliphatic carbocycles. The van der Waals surface area contributed by atoms with E-state index < -0.39 is 0 Å². The first-order chi connectivity index (χ1) is 10.3. The summed E-state index contributed by atoms with van der Waals surface area (Å²) in [6, 6.07) is 8.53. The summed E-state index contributed by atoms with van der Waals surface area (Å²) in [5.41, 5.74) is 7.81. The highest BCUT2D eigenvalue weighted by molar-refractivity contribution is 5.38. The molecule has 3 nitrogen and oxygen atoms in total. The molecule has 0 saturated heterocycles. The third-order valence-electron chi connectivity index (χ3n) is 5.49. The van der Waals surface area contributed by atoms with Crippen LogP contribution in [0.25, 0.3) is 0 Å². The predicted octanol–water partition coefficient (Wildman–Crippen LogP) is 3.15. The van der Waals surface area contributed by atoms with Crippen LogP contribution in [-0.2, 0) is 0 Å². The molecule has 1 aromatic rings. The normalized spacial score (nSPS) is 23.9. The van der Waals surface area contributed by atoms with Gasteiger partial charge in [-0.05, 0) is 37.4 Å². The largest absolute Gasteiger partial charge is 0.493 e. The fourth-order valence-electron chi connectivity index (χ4n) is 4.21. The van der Waals surface area contributed by atoms with Gasteiger partial charge in [0, 0.05) is 24.5 Å². The van der Waals surface area contributed by atoms with E-state index in [0.29, 0.717) is 5.92 Å². The van der Waals surface area contributed by atoms with E-state index in [0.717, 1.165) is 38.4 Å². The molecular weight excluding hydrogens is 260 g/mol. The number of ether oxygens (including phenoxy) is 1. The Morgan fingerprint density at radius 3 is 2.76 bits per heavy atom. The molecule has 1 heterocycles. The van der Waals surface area contributed by atoms with E-state index >= 15 is 0 Å². The van der Waals surface area contributed by atoms with Crippen molar-refractivity contribution in [1.29, 1.82) is 0 Å². The minimum atomic E-state index is 0.252. The standard InChI is InChI=1S/C18H28N2O/c1-2-20(18(14-19)10-5-6-11-18)13-15-9-12-21-17-8-4-3-7-16(15)17/h3-4,7-8,15H,2,5-6,9-14,19H2,1H3. The van der Waals surface area contributed by atoms with Gasteiger partial charge in [-0.25, -0.2) is 0 Å². The average molecular weight is 288 g/mol. The number of likely N-dealkylation sites (N-methyl/N-ethyl adjacent to an activating group) is 1. The van der Waals surface area contributed by atoms with Crippen molar-refractivity contribution < 1.29 is 4.74 Å². The topological polar surface area (TPSA) is 38.5 Å². The van der Waals surface area contributed by atoms with Crippen LogP contribution in [0.2, 0.25) is 0 Å². The van der Waals surface area contributed by atoms with Crippen molar-refractivity contribution >= 4 is 0 Å². The zero-order valence-electron chi connectivity index (χ0n) is 13.2. The number of benzene rings is 1. The summed E-state index contributed by atoms with van der Waals surface area (Å²) in [7, 11) is 0. The van der Waals surface area contributed by atoms with Gasteiger partial charge in [0.25, 0.3) is 0 Å². The van der Waals surface area contributed by atoms with Gasteiger partial charge in [-0.15, -0.1) is 0 Å². The lowest BCUT2D eigenvalue weighted by molar-refractivity contribution is 0.0899. The number of hydrogen-bond donors (Lipinski definition) is 1. The average Bonchev–Trinajstić information content (AvgIpc) is 3.02. The van der Waals surface area contributed by atoms with Crippen molar-refractivity contribution in [2.75, 3.05) is 26.2 Å². The third kappa shape index (κ3) is 2.82. The Labute approximate surface area is 128 Å². The molecule has 1 aromatic carbocycles. The fraction of sp³-hybridized carbons (Fsp3) is 0.667. The maximum atomic E-state index is 6.18. The fourth-order valence-corrected chi connectivity index (χ4v) is 4.21. The van der Waals surface area contributed by atoms with Gasteiger partial charge in [0.05, 0.1) is 6.61 Å². The van der Waals surface area contributed by atoms with Crippen molar-refractivity contribution in [3.8, 4) is 5.75 Å². The lowest BCUT2D eigenvalue weighted by atomic mass is 9.88. The Balaban J connectivity index is 1.79. The molecule has 3 rings (SSSR count). The Morgan fingerprint density at radius 1 is 1.29 bits per heavy atom. The molecule has 0 bridgehead atoms. The van der Waals surface area contributed by atoms with Crippen molar-refractivity contribution in [3.05, 3.63) is 29.8 Å². The van der Waals surface area contributed by atoms with Crippen LogP contribution in [-0.4, -0.2) is 36.7 Å². The van der Waals surface area contributed by atoms with E-state index in [1.807, 2.05) is 0 Å². The maximum Gasteiger partial charge on any atom is 0.122 e. The number of hydrogen-bond acceptors (Lipinski definition) is 3. The first kappa shape index (κ1) is 14.9. The minimum absolute atomic E-state index is 0.252. The van der Waals surface area contributed by atoms with Crippen LogP contribution in [0.4, 0.5) is 0 Å². The highest BCUT2D eigenvalue weighted by Crippen LogP contribution is 2.39. The Bertz CT molecular complexity index is 468. The van der Waals surface area contributed by atoms with Crippen molar-refractivity contribution in [2.45, 2.75) is 50.5 Å². The van der Waals surface area contributed by atoms with Gasteiger partial charge in [0.15, 0.2) is 0 Å². The van der Waals surface area contributed by atoms with Gasteiger partial charge in [0.1, 0.15) is 5.75 Å². The van der Waals surface area contributed by atoms with Crippen molar-refractivity contribution in [2.24, 2.45) is 5.73 Å². The summed E-state index contributed by atoms with van der Waals surface area (Å²) in [6.07, 6.45) is 6.31. The number of fused-ring (bicyclic) bond motifs is 1. The zero-order chi connectivity index (χ0) is 14.7. The second-order valence-corrected chi connectivity index (χ2v) is 6.55. The van der Waals surface area contributed by atoms with Crippen LogP contribution in [0.15, 0.2) is 24.3 Å². The SMILES string of the molecule is CCN(CC1CCOc2ccccc21)C1(CN)CCCC1. The lowest BCUT2D eigenvalue weighted by Crippen LogP contribution is -2.53. The van der Waals surface area contributed by atoms with Crippen LogP contribution in [0.3, 0.4) is 0 Å². The molecule has 21 heavy (non-hydrogen) atoms. The number of nitrogens with two attached hydrogens (primary N) is 1. The van der Waals surface area contributed by atoms with Gasteiger partial charge in [-0.1, -0.05) is 38.0 Å². The first-order valence-corrected chi connectivity index (χ1v) is 8.46. The number of rotatable bonds is 5. The number of nitrogens with zero attached hydrogens (tertiary/aromatic N) is 1. The lowest BCUT2D eigenvalue weighted by Gasteiger charge is -2.43. The van der Waals surface area contributed by atoms with Crippen molar-refractivity contribution in [1.82, 2.24) is 4.90 Å². The van der Waals surface area contributed by atoms with E-state index in [-0.39, 0.29) is 5.54 Å². The van der Waals surface area contributed by atoms with Gasteiger partial charge >= 0.3 is 0 Å². The van der Waals surface area contributed by atoms with Crippen LogP contribution in [0.5, 0.6) is 5.75 Å². The molecule has 3 heteroatoms. The van der Waals surface area contributed by atoms with Crippen LogP contribution in [0, 0.1) is 0 Å². The Morgan fingerprint density at radius 2 is 2.05 bits per heavy atom. The van der Waals surface area contributed by atoms with Gasteiger partial charge in [0.2, 0.25) is 0 Å². The second-order valence-electron chi connectivity index (χ2n) is 6.55. The van der Waals surface area contributed by atoms with Gasteiger partial charge in [-0.2, -0.15) is 0 Å². The molecule has 0 aromatic heterocycles. The molecule has 1 aliphatic heterocycles. The minimum Gasteiger partial charge on any atom is -0.493 e. The summed E-state index contributed by atoms with van der Waals surface area (Å²) < 4.78 is 5.80.